The molecule has 0 unspecified atom stereocenters. The van der Waals surface area contributed by atoms with Crippen molar-refractivity contribution in [2.75, 3.05) is 12.4 Å². The van der Waals surface area contributed by atoms with Gasteiger partial charge in [-0.2, -0.15) is 0 Å². The molecule has 146 valence electrons. The zero-order valence-electron chi connectivity index (χ0n) is 15.4. The summed E-state index contributed by atoms with van der Waals surface area (Å²) in [4.78, 5) is 32.5. The van der Waals surface area contributed by atoms with Crippen molar-refractivity contribution in [2.24, 2.45) is 0 Å². The maximum Gasteiger partial charge on any atom is 0.278 e. The molecule has 6 nitrogen and oxygen atoms in total. The van der Waals surface area contributed by atoms with E-state index in [0.717, 1.165) is 0 Å². The standard InChI is InChI=1S/C21H16ClN3O3S/c1-28-16-8-7-13(22)11-15(16)24-19-18(17-6-4-10-29-17)20(26)25(21(19)27)12-14-5-2-3-9-23-14/h2-11,24H,12H2,1H3. The van der Waals surface area contributed by atoms with Gasteiger partial charge in [-0.3, -0.25) is 19.5 Å². The number of hydrogen-bond donors (Lipinski definition) is 1. The number of benzene rings is 1. The summed E-state index contributed by atoms with van der Waals surface area (Å²) in [6.45, 7) is 0.0885. The van der Waals surface area contributed by atoms with Crippen LogP contribution in [-0.2, 0) is 16.1 Å². The number of methoxy groups -OCH3 is 1. The molecule has 1 aliphatic heterocycles. The highest BCUT2D eigenvalue weighted by Gasteiger charge is 2.40. The summed E-state index contributed by atoms with van der Waals surface area (Å²) in [6, 6.07) is 14.1. The van der Waals surface area contributed by atoms with Crippen molar-refractivity contribution in [3.8, 4) is 5.75 Å². The van der Waals surface area contributed by atoms with E-state index in [1.54, 1.807) is 36.5 Å². The van der Waals surface area contributed by atoms with Crippen LogP contribution < -0.4 is 10.1 Å². The number of nitrogens with zero attached hydrogens (tertiary/aromatic N) is 2. The van der Waals surface area contributed by atoms with E-state index in [1.165, 1.54) is 23.3 Å². The molecule has 0 spiro atoms. The maximum atomic E-state index is 13.2. The summed E-state index contributed by atoms with van der Waals surface area (Å²) in [6.07, 6.45) is 1.63. The van der Waals surface area contributed by atoms with Crippen LogP contribution >= 0.6 is 22.9 Å². The molecule has 4 rings (SSSR count). The highest BCUT2D eigenvalue weighted by molar-refractivity contribution is 7.11. The second-order valence-corrected chi connectivity index (χ2v) is 7.60. The number of carbonyl (C=O) groups is 2. The van der Waals surface area contributed by atoms with Gasteiger partial charge in [0.15, 0.2) is 0 Å². The lowest BCUT2D eigenvalue weighted by Crippen LogP contribution is -2.32. The quantitative estimate of drug-likeness (QED) is 0.599. The Labute approximate surface area is 176 Å². The zero-order valence-corrected chi connectivity index (χ0v) is 17.0. The predicted molar refractivity (Wildman–Crippen MR) is 113 cm³/mol. The van der Waals surface area contributed by atoms with Crippen LogP contribution in [0, 0.1) is 0 Å². The number of halogens is 1. The van der Waals surface area contributed by atoms with Crippen molar-refractivity contribution in [1.29, 1.82) is 0 Å². The first-order valence-electron chi connectivity index (χ1n) is 8.73. The molecule has 1 aliphatic rings. The minimum atomic E-state index is -0.425. The summed E-state index contributed by atoms with van der Waals surface area (Å²) in [5.41, 5.74) is 1.64. The smallest absolute Gasteiger partial charge is 0.278 e. The Hall–Kier alpha value is -3.16. The molecule has 8 heteroatoms. The first-order valence-corrected chi connectivity index (χ1v) is 9.99. The van der Waals surface area contributed by atoms with E-state index < -0.39 is 5.91 Å². The number of hydrogen-bond acceptors (Lipinski definition) is 6. The van der Waals surface area contributed by atoms with Gasteiger partial charge in [0, 0.05) is 16.1 Å². The number of ether oxygens (including phenoxy) is 1. The van der Waals surface area contributed by atoms with Crippen molar-refractivity contribution in [3.05, 3.63) is 81.4 Å². The highest BCUT2D eigenvalue weighted by Crippen LogP contribution is 2.36. The van der Waals surface area contributed by atoms with E-state index in [2.05, 4.69) is 10.3 Å². The summed E-state index contributed by atoms with van der Waals surface area (Å²) >= 11 is 7.51. The molecule has 0 bridgehead atoms. The minimum absolute atomic E-state index is 0.0885. The van der Waals surface area contributed by atoms with Crippen molar-refractivity contribution in [3.63, 3.8) is 0 Å². The van der Waals surface area contributed by atoms with Gasteiger partial charge in [-0.15, -0.1) is 11.3 Å². The number of aromatic nitrogens is 1. The van der Waals surface area contributed by atoms with E-state index in [1.807, 2.05) is 23.6 Å². The summed E-state index contributed by atoms with van der Waals surface area (Å²) in [5.74, 6) is -0.284. The Balaban J connectivity index is 1.75. The average molecular weight is 426 g/mol. The fourth-order valence-electron chi connectivity index (χ4n) is 3.05. The van der Waals surface area contributed by atoms with Crippen molar-refractivity contribution < 1.29 is 14.3 Å². The highest BCUT2D eigenvalue weighted by atomic mass is 35.5. The van der Waals surface area contributed by atoms with Crippen LogP contribution in [0.2, 0.25) is 5.02 Å². The Morgan fingerprint density at radius 2 is 2.00 bits per heavy atom. The second-order valence-electron chi connectivity index (χ2n) is 6.21. The summed E-state index contributed by atoms with van der Waals surface area (Å²) < 4.78 is 5.36. The molecule has 0 fully saturated rings. The van der Waals surface area contributed by atoms with Crippen LogP contribution in [0.5, 0.6) is 5.75 Å². The van der Waals surface area contributed by atoms with Gasteiger partial charge in [-0.05, 0) is 41.8 Å². The number of carbonyl (C=O) groups excluding carboxylic acids is 2. The molecule has 2 aromatic heterocycles. The largest absolute Gasteiger partial charge is 0.495 e. The molecule has 0 saturated heterocycles. The normalized spacial score (nSPS) is 13.9. The molecule has 0 radical (unpaired) electrons. The third kappa shape index (κ3) is 3.74. The summed E-state index contributed by atoms with van der Waals surface area (Å²) in [7, 11) is 1.53. The molecule has 0 saturated carbocycles. The number of anilines is 1. The van der Waals surface area contributed by atoms with Gasteiger partial charge in [-0.1, -0.05) is 23.7 Å². The van der Waals surface area contributed by atoms with Crippen molar-refractivity contribution in [2.45, 2.75) is 6.54 Å². The molecule has 0 atom stereocenters. The minimum Gasteiger partial charge on any atom is -0.495 e. The van der Waals surface area contributed by atoms with E-state index in [4.69, 9.17) is 16.3 Å². The zero-order chi connectivity index (χ0) is 20.4. The molecule has 2 amide bonds. The van der Waals surface area contributed by atoms with Gasteiger partial charge >= 0.3 is 0 Å². The van der Waals surface area contributed by atoms with Crippen LogP contribution in [0.4, 0.5) is 5.69 Å². The SMILES string of the molecule is COc1ccc(Cl)cc1NC1=C(c2cccs2)C(=O)N(Cc2ccccn2)C1=O. The first-order chi connectivity index (χ1) is 14.1. The molecular formula is C21H16ClN3O3S. The third-order valence-electron chi connectivity index (χ3n) is 4.40. The van der Waals surface area contributed by atoms with E-state index in [9.17, 15) is 9.59 Å². The fraction of sp³-hybridized carbons (Fsp3) is 0.0952. The molecule has 1 N–H and O–H groups in total. The third-order valence-corrected chi connectivity index (χ3v) is 5.53. The van der Waals surface area contributed by atoms with Crippen LogP contribution in [0.25, 0.3) is 5.57 Å². The van der Waals surface area contributed by atoms with Crippen molar-refractivity contribution in [1.82, 2.24) is 9.88 Å². The fourth-order valence-corrected chi connectivity index (χ4v) is 3.99. The lowest BCUT2D eigenvalue weighted by Gasteiger charge is -2.15. The van der Waals surface area contributed by atoms with Crippen LogP contribution in [0.1, 0.15) is 10.6 Å². The van der Waals surface area contributed by atoms with Crippen molar-refractivity contribution >= 4 is 46.0 Å². The number of thiophene rings is 1. The molecule has 3 heterocycles. The Morgan fingerprint density at radius 1 is 1.14 bits per heavy atom. The number of imide groups is 1. The van der Waals surface area contributed by atoms with Gasteiger partial charge in [0.1, 0.15) is 11.4 Å². The van der Waals surface area contributed by atoms with Crippen LogP contribution in [0.3, 0.4) is 0 Å². The van der Waals surface area contributed by atoms with Gasteiger partial charge in [0.25, 0.3) is 11.8 Å². The van der Waals surface area contributed by atoms with Gasteiger partial charge in [-0.25, -0.2) is 0 Å². The predicted octanol–water partition coefficient (Wildman–Crippen LogP) is 4.20. The Morgan fingerprint density at radius 3 is 2.69 bits per heavy atom. The monoisotopic (exact) mass is 425 g/mol. The van der Waals surface area contributed by atoms with Gasteiger partial charge in [0.05, 0.1) is 30.6 Å². The van der Waals surface area contributed by atoms with E-state index in [-0.39, 0.29) is 18.1 Å². The molecule has 1 aromatic carbocycles. The Bertz CT molecular complexity index is 1100. The van der Waals surface area contributed by atoms with Gasteiger partial charge < -0.3 is 10.1 Å². The first kappa shape index (κ1) is 19.2. The van der Waals surface area contributed by atoms with E-state index >= 15 is 0 Å². The number of amides is 2. The van der Waals surface area contributed by atoms with E-state index in [0.29, 0.717) is 32.6 Å². The topological polar surface area (TPSA) is 71.5 Å². The number of rotatable bonds is 6. The lowest BCUT2D eigenvalue weighted by atomic mass is 10.2. The summed E-state index contributed by atoms with van der Waals surface area (Å²) in [5, 5.41) is 5.42. The average Bonchev–Trinajstić information content (AvgIpc) is 3.32. The number of nitrogens with one attached hydrogen (secondary N) is 1. The molecule has 3 aromatic rings. The van der Waals surface area contributed by atoms with Crippen LogP contribution in [-0.4, -0.2) is 28.8 Å². The Kier molecular flexibility index (Phi) is 5.33. The second kappa shape index (κ2) is 8.06. The number of pyridine rings is 1. The van der Waals surface area contributed by atoms with Crippen LogP contribution in [0.15, 0.2) is 65.8 Å². The van der Waals surface area contributed by atoms with Gasteiger partial charge in [0.2, 0.25) is 0 Å². The molecular weight excluding hydrogens is 410 g/mol. The molecule has 0 aliphatic carbocycles. The lowest BCUT2D eigenvalue weighted by molar-refractivity contribution is -0.137. The molecule has 29 heavy (non-hydrogen) atoms. The maximum absolute atomic E-state index is 13.2.